The molecule has 3 heteroatoms. The standard InChI is InChI=1S/C14H13Cl2N/c15-12-5-1-3-10(7-12)8-14(17)11-4-2-6-13(16)9-11/h1-7,9,14H,8,17H2. The van der Waals surface area contributed by atoms with Crippen LogP contribution in [0.4, 0.5) is 0 Å². The van der Waals surface area contributed by atoms with Gasteiger partial charge in [0.05, 0.1) is 0 Å². The summed E-state index contributed by atoms with van der Waals surface area (Å²) in [5.41, 5.74) is 8.31. The van der Waals surface area contributed by atoms with Crippen LogP contribution in [0.25, 0.3) is 0 Å². The van der Waals surface area contributed by atoms with Crippen molar-refractivity contribution in [2.45, 2.75) is 12.5 Å². The molecule has 17 heavy (non-hydrogen) atoms. The highest BCUT2D eigenvalue weighted by Gasteiger charge is 2.07. The lowest BCUT2D eigenvalue weighted by Gasteiger charge is -2.12. The van der Waals surface area contributed by atoms with Crippen molar-refractivity contribution in [1.29, 1.82) is 0 Å². The molecule has 0 bridgehead atoms. The number of halogens is 2. The molecule has 2 aromatic rings. The van der Waals surface area contributed by atoms with Crippen LogP contribution < -0.4 is 5.73 Å². The lowest BCUT2D eigenvalue weighted by molar-refractivity contribution is 0.722. The summed E-state index contributed by atoms with van der Waals surface area (Å²) in [7, 11) is 0. The number of hydrogen-bond donors (Lipinski definition) is 1. The molecule has 1 unspecified atom stereocenters. The lowest BCUT2D eigenvalue weighted by atomic mass is 10.00. The molecule has 0 aliphatic rings. The molecule has 0 radical (unpaired) electrons. The van der Waals surface area contributed by atoms with E-state index in [0.717, 1.165) is 22.6 Å². The van der Waals surface area contributed by atoms with Gasteiger partial charge in [0.2, 0.25) is 0 Å². The zero-order valence-electron chi connectivity index (χ0n) is 9.24. The summed E-state index contributed by atoms with van der Waals surface area (Å²) in [6.45, 7) is 0. The largest absolute Gasteiger partial charge is 0.324 e. The Morgan fingerprint density at radius 1 is 0.941 bits per heavy atom. The summed E-state index contributed by atoms with van der Waals surface area (Å²) >= 11 is 11.9. The third-order valence-corrected chi connectivity index (χ3v) is 3.09. The zero-order chi connectivity index (χ0) is 12.3. The molecule has 2 N–H and O–H groups in total. The molecule has 0 spiro atoms. The molecule has 1 atom stereocenters. The summed E-state index contributed by atoms with van der Waals surface area (Å²) in [6, 6.07) is 15.3. The van der Waals surface area contributed by atoms with Gasteiger partial charge in [-0.2, -0.15) is 0 Å². The fraction of sp³-hybridized carbons (Fsp3) is 0.143. The predicted octanol–water partition coefficient (Wildman–Crippen LogP) is 4.24. The fourth-order valence-electron chi connectivity index (χ4n) is 1.77. The molecule has 0 saturated heterocycles. The highest BCUT2D eigenvalue weighted by Crippen LogP contribution is 2.20. The molecule has 0 fully saturated rings. The van der Waals surface area contributed by atoms with Crippen LogP contribution in [0.1, 0.15) is 17.2 Å². The van der Waals surface area contributed by atoms with E-state index in [1.807, 2.05) is 48.5 Å². The number of rotatable bonds is 3. The molecule has 0 heterocycles. The summed E-state index contributed by atoms with van der Waals surface area (Å²) in [5.74, 6) is 0. The first-order valence-electron chi connectivity index (χ1n) is 5.40. The monoisotopic (exact) mass is 265 g/mol. The van der Waals surface area contributed by atoms with Crippen LogP contribution in [0.15, 0.2) is 48.5 Å². The van der Waals surface area contributed by atoms with E-state index in [0.29, 0.717) is 5.02 Å². The van der Waals surface area contributed by atoms with Gasteiger partial charge in [-0.15, -0.1) is 0 Å². The molecule has 0 aliphatic heterocycles. The number of nitrogens with two attached hydrogens (primary N) is 1. The highest BCUT2D eigenvalue weighted by atomic mass is 35.5. The second kappa shape index (κ2) is 5.54. The molecular formula is C14H13Cl2N. The normalized spacial score (nSPS) is 12.4. The van der Waals surface area contributed by atoms with Gasteiger partial charge in [0, 0.05) is 16.1 Å². The van der Waals surface area contributed by atoms with E-state index in [1.54, 1.807) is 0 Å². The zero-order valence-corrected chi connectivity index (χ0v) is 10.7. The van der Waals surface area contributed by atoms with Gasteiger partial charge >= 0.3 is 0 Å². The molecule has 0 amide bonds. The van der Waals surface area contributed by atoms with E-state index in [1.165, 1.54) is 0 Å². The Morgan fingerprint density at radius 3 is 2.24 bits per heavy atom. The SMILES string of the molecule is NC(Cc1cccc(Cl)c1)c1cccc(Cl)c1. The summed E-state index contributed by atoms with van der Waals surface area (Å²) < 4.78 is 0. The van der Waals surface area contributed by atoms with E-state index < -0.39 is 0 Å². The van der Waals surface area contributed by atoms with Gasteiger partial charge in [0.1, 0.15) is 0 Å². The highest BCUT2D eigenvalue weighted by molar-refractivity contribution is 6.30. The topological polar surface area (TPSA) is 26.0 Å². The minimum Gasteiger partial charge on any atom is -0.324 e. The Hall–Kier alpha value is -1.02. The van der Waals surface area contributed by atoms with Crippen LogP contribution >= 0.6 is 23.2 Å². The van der Waals surface area contributed by atoms with Crippen molar-refractivity contribution in [3.8, 4) is 0 Å². The van der Waals surface area contributed by atoms with Gasteiger partial charge in [-0.25, -0.2) is 0 Å². The van der Waals surface area contributed by atoms with Crippen LogP contribution in [0.5, 0.6) is 0 Å². The molecule has 88 valence electrons. The Bertz CT molecular complexity index is 511. The van der Waals surface area contributed by atoms with Gasteiger partial charge < -0.3 is 5.73 Å². The third kappa shape index (κ3) is 3.47. The molecule has 2 rings (SSSR count). The maximum absolute atomic E-state index is 6.14. The van der Waals surface area contributed by atoms with E-state index in [4.69, 9.17) is 28.9 Å². The van der Waals surface area contributed by atoms with E-state index in [9.17, 15) is 0 Å². The second-order valence-electron chi connectivity index (χ2n) is 4.00. The summed E-state index contributed by atoms with van der Waals surface area (Å²) in [5, 5.41) is 1.45. The molecule has 0 aromatic heterocycles. The van der Waals surface area contributed by atoms with E-state index in [2.05, 4.69) is 0 Å². The Labute approximate surface area is 111 Å². The summed E-state index contributed by atoms with van der Waals surface area (Å²) in [4.78, 5) is 0. The number of hydrogen-bond acceptors (Lipinski definition) is 1. The quantitative estimate of drug-likeness (QED) is 0.883. The van der Waals surface area contributed by atoms with Crippen molar-refractivity contribution in [1.82, 2.24) is 0 Å². The van der Waals surface area contributed by atoms with Crippen LogP contribution in [-0.2, 0) is 6.42 Å². The molecule has 1 nitrogen and oxygen atoms in total. The smallest absolute Gasteiger partial charge is 0.0409 e. The third-order valence-electron chi connectivity index (χ3n) is 2.62. The van der Waals surface area contributed by atoms with Crippen molar-refractivity contribution in [3.05, 3.63) is 69.7 Å². The van der Waals surface area contributed by atoms with Crippen molar-refractivity contribution in [3.63, 3.8) is 0 Å². The maximum Gasteiger partial charge on any atom is 0.0409 e. The first kappa shape index (κ1) is 12.4. The molecule has 0 aliphatic carbocycles. The second-order valence-corrected chi connectivity index (χ2v) is 4.87. The molecule has 2 aromatic carbocycles. The Kier molecular flexibility index (Phi) is 4.06. The molecule has 0 saturated carbocycles. The number of benzene rings is 2. The Morgan fingerprint density at radius 2 is 1.59 bits per heavy atom. The first-order valence-corrected chi connectivity index (χ1v) is 6.16. The van der Waals surface area contributed by atoms with Crippen LogP contribution in [0.3, 0.4) is 0 Å². The van der Waals surface area contributed by atoms with Gasteiger partial charge in [0.25, 0.3) is 0 Å². The van der Waals surface area contributed by atoms with Gasteiger partial charge in [-0.05, 0) is 41.8 Å². The van der Waals surface area contributed by atoms with Crippen molar-refractivity contribution >= 4 is 23.2 Å². The van der Waals surface area contributed by atoms with Gasteiger partial charge in [-0.3, -0.25) is 0 Å². The maximum atomic E-state index is 6.14. The molecular weight excluding hydrogens is 253 g/mol. The first-order chi connectivity index (χ1) is 8.15. The van der Waals surface area contributed by atoms with E-state index >= 15 is 0 Å². The fourth-order valence-corrected chi connectivity index (χ4v) is 2.18. The average molecular weight is 266 g/mol. The van der Waals surface area contributed by atoms with Crippen molar-refractivity contribution in [2.24, 2.45) is 5.73 Å². The Balaban J connectivity index is 2.14. The van der Waals surface area contributed by atoms with Gasteiger partial charge in [-0.1, -0.05) is 47.5 Å². The average Bonchev–Trinajstić information content (AvgIpc) is 2.29. The van der Waals surface area contributed by atoms with Crippen molar-refractivity contribution in [2.75, 3.05) is 0 Å². The van der Waals surface area contributed by atoms with Crippen molar-refractivity contribution < 1.29 is 0 Å². The minimum atomic E-state index is -0.0628. The minimum absolute atomic E-state index is 0.0628. The van der Waals surface area contributed by atoms with Crippen LogP contribution in [0, 0.1) is 0 Å². The predicted molar refractivity (Wildman–Crippen MR) is 73.5 cm³/mol. The van der Waals surface area contributed by atoms with Crippen LogP contribution in [-0.4, -0.2) is 0 Å². The van der Waals surface area contributed by atoms with E-state index in [-0.39, 0.29) is 6.04 Å². The van der Waals surface area contributed by atoms with Crippen LogP contribution in [0.2, 0.25) is 10.0 Å². The summed E-state index contributed by atoms with van der Waals surface area (Å²) in [6.07, 6.45) is 0.751. The lowest BCUT2D eigenvalue weighted by Crippen LogP contribution is -2.13. The van der Waals surface area contributed by atoms with Gasteiger partial charge in [0.15, 0.2) is 0 Å².